The molecular weight excluding hydrogens is 274 g/mol. The van der Waals surface area contributed by atoms with E-state index in [1.807, 2.05) is 0 Å². The lowest BCUT2D eigenvalue weighted by molar-refractivity contribution is -0.383. The van der Waals surface area contributed by atoms with Crippen molar-refractivity contribution in [2.45, 2.75) is 18.4 Å². The van der Waals surface area contributed by atoms with Crippen molar-refractivity contribution in [1.29, 1.82) is 0 Å². The Morgan fingerprint density at radius 2 is 2.14 bits per heavy atom. The van der Waals surface area contributed by atoms with Crippen LogP contribution in [0.2, 0.25) is 0 Å². The highest BCUT2D eigenvalue weighted by atomic mass is 16.6. The number of benzene rings is 1. The molecule has 0 aromatic heterocycles. The quantitative estimate of drug-likeness (QED) is 0.634. The molecule has 1 aliphatic rings. The van der Waals surface area contributed by atoms with Gasteiger partial charge in [-0.25, -0.2) is 0 Å². The number of para-hydroxylation sites is 1. The van der Waals surface area contributed by atoms with Crippen LogP contribution in [-0.2, 0) is 4.74 Å². The Balaban J connectivity index is 2.26. The van der Waals surface area contributed by atoms with Gasteiger partial charge in [0.25, 0.3) is 0 Å². The number of anilines is 2. The van der Waals surface area contributed by atoms with Crippen LogP contribution in [0.25, 0.3) is 0 Å². The third-order valence-corrected chi connectivity index (χ3v) is 3.83. The van der Waals surface area contributed by atoms with Crippen molar-refractivity contribution >= 4 is 17.1 Å². The fraction of sp³-hybridized carbons (Fsp3) is 0.571. The van der Waals surface area contributed by atoms with Crippen LogP contribution in [0.4, 0.5) is 17.1 Å². The number of nitrogens with zero attached hydrogens (tertiary/aromatic N) is 2. The molecule has 0 spiro atoms. The SMILES string of the molecule is CNc1cccc(N(C)CC2(O)CCOCC2)c1[N+](=O)[O-]. The average molecular weight is 295 g/mol. The summed E-state index contributed by atoms with van der Waals surface area (Å²) in [4.78, 5) is 12.7. The van der Waals surface area contributed by atoms with E-state index in [9.17, 15) is 15.2 Å². The Labute approximate surface area is 123 Å². The molecule has 2 rings (SSSR count). The lowest BCUT2D eigenvalue weighted by Crippen LogP contribution is -2.45. The van der Waals surface area contributed by atoms with Gasteiger partial charge in [0.05, 0.1) is 10.5 Å². The highest BCUT2D eigenvalue weighted by Crippen LogP contribution is 2.36. The fourth-order valence-electron chi connectivity index (χ4n) is 2.67. The number of rotatable bonds is 5. The molecule has 2 N–H and O–H groups in total. The third kappa shape index (κ3) is 3.43. The zero-order valence-electron chi connectivity index (χ0n) is 12.3. The molecule has 0 unspecified atom stereocenters. The molecule has 1 aromatic rings. The molecule has 0 atom stereocenters. The van der Waals surface area contributed by atoms with Crippen LogP contribution in [0.3, 0.4) is 0 Å². The molecule has 1 aromatic carbocycles. The van der Waals surface area contributed by atoms with Crippen LogP contribution in [0, 0.1) is 10.1 Å². The number of ether oxygens (including phenoxy) is 1. The van der Waals surface area contributed by atoms with E-state index < -0.39 is 10.5 Å². The van der Waals surface area contributed by atoms with Crippen molar-refractivity contribution in [3.05, 3.63) is 28.3 Å². The minimum Gasteiger partial charge on any atom is -0.388 e. The van der Waals surface area contributed by atoms with Crippen LogP contribution in [0.5, 0.6) is 0 Å². The van der Waals surface area contributed by atoms with Gasteiger partial charge in [-0.2, -0.15) is 0 Å². The first kappa shape index (κ1) is 15.5. The largest absolute Gasteiger partial charge is 0.388 e. The summed E-state index contributed by atoms with van der Waals surface area (Å²) in [5.74, 6) is 0. The third-order valence-electron chi connectivity index (χ3n) is 3.83. The van der Waals surface area contributed by atoms with E-state index in [-0.39, 0.29) is 5.69 Å². The first-order valence-electron chi connectivity index (χ1n) is 6.93. The molecule has 0 saturated carbocycles. The molecule has 0 amide bonds. The Bertz CT molecular complexity index is 515. The van der Waals surface area contributed by atoms with Gasteiger partial charge in [-0.05, 0) is 12.1 Å². The molecular formula is C14H21N3O4. The lowest BCUT2D eigenvalue weighted by Gasteiger charge is -2.36. The number of likely N-dealkylation sites (N-methyl/N-ethyl adjacent to an activating group) is 1. The van der Waals surface area contributed by atoms with E-state index in [4.69, 9.17) is 4.74 Å². The molecule has 1 aliphatic heterocycles. The van der Waals surface area contributed by atoms with Crippen molar-refractivity contribution in [3.8, 4) is 0 Å². The van der Waals surface area contributed by atoms with E-state index in [0.717, 1.165) is 0 Å². The van der Waals surface area contributed by atoms with Gasteiger partial charge in [0, 0.05) is 46.7 Å². The summed E-state index contributed by atoms with van der Waals surface area (Å²) in [5.41, 5.74) is 0.115. The maximum atomic E-state index is 11.3. The summed E-state index contributed by atoms with van der Waals surface area (Å²) in [6.07, 6.45) is 1.08. The molecule has 0 aliphatic carbocycles. The molecule has 21 heavy (non-hydrogen) atoms. The number of hydrogen-bond donors (Lipinski definition) is 2. The molecule has 1 heterocycles. The number of nitro benzene ring substituents is 1. The summed E-state index contributed by atoms with van der Waals surface area (Å²) < 4.78 is 5.25. The summed E-state index contributed by atoms with van der Waals surface area (Å²) in [6, 6.07) is 5.12. The normalized spacial score (nSPS) is 17.3. The Morgan fingerprint density at radius 1 is 1.48 bits per heavy atom. The van der Waals surface area contributed by atoms with E-state index >= 15 is 0 Å². The van der Waals surface area contributed by atoms with E-state index in [1.54, 1.807) is 37.2 Å². The maximum absolute atomic E-state index is 11.3. The number of nitrogens with one attached hydrogen (secondary N) is 1. The van der Waals surface area contributed by atoms with Crippen LogP contribution in [0.15, 0.2) is 18.2 Å². The van der Waals surface area contributed by atoms with Crippen molar-refractivity contribution in [2.75, 3.05) is 44.1 Å². The molecule has 116 valence electrons. The van der Waals surface area contributed by atoms with Crippen LogP contribution in [-0.4, -0.2) is 49.5 Å². The van der Waals surface area contributed by atoms with E-state index in [0.29, 0.717) is 44.0 Å². The van der Waals surface area contributed by atoms with Crippen LogP contribution >= 0.6 is 0 Å². The topological polar surface area (TPSA) is 87.9 Å². The van der Waals surface area contributed by atoms with Gasteiger partial charge in [0.2, 0.25) is 0 Å². The number of nitro groups is 1. The zero-order valence-corrected chi connectivity index (χ0v) is 12.3. The Kier molecular flexibility index (Phi) is 4.64. The van der Waals surface area contributed by atoms with E-state index in [2.05, 4.69) is 5.32 Å². The van der Waals surface area contributed by atoms with Gasteiger partial charge >= 0.3 is 5.69 Å². The number of aliphatic hydroxyl groups is 1. The first-order valence-corrected chi connectivity index (χ1v) is 6.93. The van der Waals surface area contributed by atoms with Crippen molar-refractivity contribution in [2.24, 2.45) is 0 Å². The van der Waals surface area contributed by atoms with Crippen LogP contribution < -0.4 is 10.2 Å². The Morgan fingerprint density at radius 3 is 2.71 bits per heavy atom. The van der Waals surface area contributed by atoms with Gasteiger partial charge in [-0.15, -0.1) is 0 Å². The van der Waals surface area contributed by atoms with Gasteiger partial charge in [-0.1, -0.05) is 6.07 Å². The predicted molar refractivity (Wildman–Crippen MR) is 80.9 cm³/mol. The Hall–Kier alpha value is -1.86. The van der Waals surface area contributed by atoms with Crippen molar-refractivity contribution in [1.82, 2.24) is 0 Å². The minimum atomic E-state index is -0.865. The smallest absolute Gasteiger partial charge is 0.315 e. The fourth-order valence-corrected chi connectivity index (χ4v) is 2.67. The summed E-state index contributed by atoms with van der Waals surface area (Å²) in [6.45, 7) is 1.37. The standard InChI is InChI=1S/C14H21N3O4/c1-15-11-4-3-5-12(13(11)17(19)20)16(2)10-14(18)6-8-21-9-7-14/h3-5,15,18H,6-10H2,1-2H3. The van der Waals surface area contributed by atoms with Crippen molar-refractivity contribution in [3.63, 3.8) is 0 Å². The summed E-state index contributed by atoms with van der Waals surface area (Å²) in [7, 11) is 3.41. The van der Waals surface area contributed by atoms with Gasteiger partial charge in [-0.3, -0.25) is 10.1 Å². The van der Waals surface area contributed by atoms with Crippen molar-refractivity contribution < 1.29 is 14.8 Å². The first-order chi connectivity index (χ1) is 9.97. The molecule has 0 radical (unpaired) electrons. The second-order valence-electron chi connectivity index (χ2n) is 5.37. The van der Waals surface area contributed by atoms with E-state index in [1.165, 1.54) is 0 Å². The average Bonchev–Trinajstić information content (AvgIpc) is 2.46. The van der Waals surface area contributed by atoms with Crippen LogP contribution in [0.1, 0.15) is 12.8 Å². The summed E-state index contributed by atoms with van der Waals surface area (Å²) in [5, 5.41) is 24.7. The number of hydrogen-bond acceptors (Lipinski definition) is 6. The molecule has 1 saturated heterocycles. The predicted octanol–water partition coefficient (Wildman–Crippen LogP) is 1.61. The second kappa shape index (κ2) is 6.28. The molecule has 1 fully saturated rings. The van der Waals surface area contributed by atoms with Gasteiger partial charge < -0.3 is 20.1 Å². The second-order valence-corrected chi connectivity index (χ2v) is 5.37. The maximum Gasteiger partial charge on any atom is 0.315 e. The zero-order chi connectivity index (χ0) is 15.5. The minimum absolute atomic E-state index is 0.0261. The highest BCUT2D eigenvalue weighted by molar-refractivity contribution is 5.76. The molecule has 7 nitrogen and oxygen atoms in total. The van der Waals surface area contributed by atoms with Gasteiger partial charge in [0.1, 0.15) is 11.4 Å². The summed E-state index contributed by atoms with van der Waals surface area (Å²) >= 11 is 0. The highest BCUT2D eigenvalue weighted by Gasteiger charge is 2.33. The lowest BCUT2D eigenvalue weighted by atomic mass is 9.93. The monoisotopic (exact) mass is 295 g/mol. The van der Waals surface area contributed by atoms with Gasteiger partial charge in [0.15, 0.2) is 0 Å². The molecule has 0 bridgehead atoms. The molecule has 7 heteroatoms.